The predicted octanol–water partition coefficient (Wildman–Crippen LogP) is 27.5. The molecule has 0 aliphatic carbocycles. The van der Waals surface area contributed by atoms with E-state index in [9.17, 15) is 19.8 Å². The lowest BCUT2D eigenvalue weighted by Crippen LogP contribution is -2.45. The first-order valence-corrected chi connectivity index (χ1v) is 41.4. The van der Waals surface area contributed by atoms with Crippen LogP contribution in [-0.4, -0.2) is 47.4 Å². The van der Waals surface area contributed by atoms with Crippen molar-refractivity contribution in [1.82, 2.24) is 5.32 Å². The molecular weight excluding hydrogens is 1110 g/mol. The number of aliphatic hydroxyl groups is 2. The van der Waals surface area contributed by atoms with Gasteiger partial charge in [0.15, 0.2) is 0 Å². The van der Waals surface area contributed by atoms with Gasteiger partial charge in [0.1, 0.15) is 0 Å². The molecule has 0 bridgehead atoms. The molecule has 1 amide bonds. The molecule has 0 saturated carbocycles. The van der Waals surface area contributed by atoms with Crippen LogP contribution in [-0.2, 0) is 14.3 Å². The summed E-state index contributed by atoms with van der Waals surface area (Å²) < 4.78 is 5.51. The minimum Gasteiger partial charge on any atom is -0.466 e. The third kappa shape index (κ3) is 76.7. The molecule has 0 rings (SSSR count). The van der Waals surface area contributed by atoms with E-state index in [0.29, 0.717) is 19.4 Å². The van der Waals surface area contributed by atoms with Gasteiger partial charge in [-0.2, -0.15) is 0 Å². The third-order valence-electron chi connectivity index (χ3n) is 19.3. The van der Waals surface area contributed by atoms with Gasteiger partial charge in [-0.1, -0.05) is 403 Å². The van der Waals surface area contributed by atoms with Gasteiger partial charge in [0.05, 0.1) is 25.4 Å². The SMILES string of the molecule is CCCCC/C=C\C/C=C\CCCCCCCCCC(=O)OCCCCCCCCCCCCCCCC/C=C\CCCCCCCCCCCCCCCCCCCC(=O)NC(CO)C(O)/C=C/CCCCCCCCCCCCCCCCCCCCCC. The molecule has 6 heteroatoms. The predicted molar refractivity (Wildman–Crippen MR) is 402 cm³/mol. The lowest BCUT2D eigenvalue weighted by atomic mass is 10.0. The van der Waals surface area contributed by atoms with Crippen LogP contribution in [0.1, 0.15) is 457 Å². The Morgan fingerprint density at radius 2 is 0.549 bits per heavy atom. The van der Waals surface area contributed by atoms with Crippen LogP contribution in [0, 0.1) is 0 Å². The van der Waals surface area contributed by atoms with Gasteiger partial charge in [0.25, 0.3) is 0 Å². The highest BCUT2D eigenvalue weighted by atomic mass is 16.5. The van der Waals surface area contributed by atoms with Gasteiger partial charge in [0.2, 0.25) is 5.91 Å². The van der Waals surface area contributed by atoms with Crippen molar-refractivity contribution in [2.24, 2.45) is 0 Å². The summed E-state index contributed by atoms with van der Waals surface area (Å²) in [5.74, 6) is -0.0471. The first-order valence-electron chi connectivity index (χ1n) is 41.4. The molecule has 3 N–H and O–H groups in total. The number of amides is 1. The van der Waals surface area contributed by atoms with E-state index in [1.54, 1.807) is 6.08 Å². The fraction of sp³-hybridized carbons (Fsp3) is 0.882. The van der Waals surface area contributed by atoms with Crippen molar-refractivity contribution in [3.8, 4) is 0 Å². The molecule has 2 atom stereocenters. The monoisotopic (exact) mass is 1280 g/mol. The summed E-state index contributed by atoms with van der Waals surface area (Å²) in [7, 11) is 0. The second kappa shape index (κ2) is 80.3. The van der Waals surface area contributed by atoms with E-state index < -0.39 is 12.1 Å². The van der Waals surface area contributed by atoms with Crippen molar-refractivity contribution in [1.29, 1.82) is 0 Å². The first kappa shape index (κ1) is 88.8. The molecule has 6 nitrogen and oxygen atoms in total. The molecular formula is C85H161NO5. The molecule has 0 spiro atoms. The Morgan fingerprint density at radius 1 is 0.308 bits per heavy atom. The van der Waals surface area contributed by atoms with Crippen LogP contribution in [0.5, 0.6) is 0 Å². The zero-order valence-corrected chi connectivity index (χ0v) is 61.6. The summed E-state index contributed by atoms with van der Waals surface area (Å²) in [6.07, 6.45) is 107. The number of nitrogens with one attached hydrogen (secondary N) is 1. The zero-order chi connectivity index (χ0) is 65.6. The van der Waals surface area contributed by atoms with Gasteiger partial charge in [-0.15, -0.1) is 0 Å². The van der Waals surface area contributed by atoms with E-state index in [-0.39, 0.29) is 18.5 Å². The molecule has 536 valence electrons. The Kier molecular flexibility index (Phi) is 78.3. The highest BCUT2D eigenvalue weighted by Gasteiger charge is 2.18. The Bertz CT molecular complexity index is 1520. The number of aliphatic hydroxyl groups excluding tert-OH is 2. The zero-order valence-electron chi connectivity index (χ0n) is 61.6. The number of ether oxygens (including phenoxy) is 1. The average molecular weight is 1280 g/mol. The van der Waals surface area contributed by atoms with Gasteiger partial charge in [0, 0.05) is 12.8 Å². The topological polar surface area (TPSA) is 95.9 Å². The average Bonchev–Trinajstić information content (AvgIpc) is 3.59. The van der Waals surface area contributed by atoms with Crippen molar-refractivity contribution in [3.05, 3.63) is 48.6 Å². The maximum atomic E-state index is 12.6. The molecule has 0 aromatic carbocycles. The van der Waals surface area contributed by atoms with Crippen LogP contribution in [0.4, 0.5) is 0 Å². The van der Waals surface area contributed by atoms with Crippen molar-refractivity contribution in [2.45, 2.75) is 469 Å². The lowest BCUT2D eigenvalue weighted by Gasteiger charge is -2.20. The highest BCUT2D eigenvalue weighted by Crippen LogP contribution is 2.20. The maximum Gasteiger partial charge on any atom is 0.305 e. The molecule has 0 aliphatic rings. The molecule has 0 radical (unpaired) electrons. The minimum atomic E-state index is -0.844. The highest BCUT2D eigenvalue weighted by molar-refractivity contribution is 5.76. The molecule has 91 heavy (non-hydrogen) atoms. The fourth-order valence-electron chi connectivity index (χ4n) is 13.0. The normalized spacial score (nSPS) is 12.7. The van der Waals surface area contributed by atoms with Crippen LogP contribution >= 0.6 is 0 Å². The number of unbranched alkanes of at least 4 members (excludes halogenated alkanes) is 61. The van der Waals surface area contributed by atoms with Crippen LogP contribution in [0.15, 0.2) is 48.6 Å². The summed E-state index contributed by atoms with van der Waals surface area (Å²) in [5.41, 5.74) is 0. The Morgan fingerprint density at radius 3 is 0.868 bits per heavy atom. The van der Waals surface area contributed by atoms with E-state index in [1.807, 2.05) is 6.08 Å². The van der Waals surface area contributed by atoms with Gasteiger partial charge in [-0.25, -0.2) is 0 Å². The van der Waals surface area contributed by atoms with E-state index in [2.05, 4.69) is 55.6 Å². The van der Waals surface area contributed by atoms with Gasteiger partial charge < -0.3 is 20.3 Å². The second-order valence-electron chi connectivity index (χ2n) is 28.4. The Labute approximate surface area is 569 Å². The van der Waals surface area contributed by atoms with E-state index in [0.717, 1.165) is 51.4 Å². The molecule has 0 aromatic heterocycles. The van der Waals surface area contributed by atoms with Crippen molar-refractivity contribution < 1.29 is 24.5 Å². The van der Waals surface area contributed by atoms with E-state index in [4.69, 9.17) is 4.74 Å². The number of carbonyl (C=O) groups excluding carboxylic acids is 2. The number of hydrogen-bond acceptors (Lipinski definition) is 5. The number of esters is 1. The summed E-state index contributed by atoms with van der Waals surface area (Å²) >= 11 is 0. The molecule has 0 saturated heterocycles. The molecule has 0 fully saturated rings. The van der Waals surface area contributed by atoms with Crippen LogP contribution in [0.3, 0.4) is 0 Å². The number of allylic oxidation sites excluding steroid dienone is 7. The summed E-state index contributed by atoms with van der Waals surface area (Å²) in [4.78, 5) is 24.7. The van der Waals surface area contributed by atoms with Gasteiger partial charge >= 0.3 is 5.97 Å². The summed E-state index contributed by atoms with van der Waals surface area (Å²) in [5, 5.41) is 23.3. The van der Waals surface area contributed by atoms with E-state index in [1.165, 1.54) is 379 Å². The molecule has 2 unspecified atom stereocenters. The summed E-state index contributed by atoms with van der Waals surface area (Å²) in [6, 6.07) is -0.627. The smallest absolute Gasteiger partial charge is 0.305 e. The number of hydrogen-bond donors (Lipinski definition) is 3. The molecule has 0 aromatic rings. The minimum absolute atomic E-state index is 0.0128. The molecule has 0 aliphatic heterocycles. The number of carbonyl (C=O) groups is 2. The Hall–Kier alpha value is -2.18. The van der Waals surface area contributed by atoms with Crippen molar-refractivity contribution >= 4 is 11.9 Å². The standard InChI is InChI=1S/C85H161NO5/c1-3-5-7-9-11-13-15-17-19-21-22-23-39-42-46-49-53-57-61-65-69-73-77-83(88)82(81-87)86-84(89)78-74-70-66-62-58-54-50-47-43-40-37-35-33-31-29-27-25-24-26-28-30-32-34-36-38-41-44-48-52-56-60-64-68-72-76-80-91-85(90)79-75-71-67-63-59-55-51-45-20-18-16-14-12-10-8-6-4-2/h12,14,18,20,26,28,73,77,82-83,87-88H,3-11,13,15-17,19,21-25,27,29-72,74-76,78-81H2,1-2H3,(H,86,89)/b14-12-,20-18-,28-26-,77-73+. The number of rotatable bonds is 78. The summed E-state index contributed by atoms with van der Waals surface area (Å²) in [6.45, 7) is 4.92. The maximum absolute atomic E-state index is 12.6. The fourth-order valence-corrected chi connectivity index (χ4v) is 13.0. The van der Waals surface area contributed by atoms with Crippen LogP contribution in [0.25, 0.3) is 0 Å². The third-order valence-corrected chi connectivity index (χ3v) is 19.3. The van der Waals surface area contributed by atoms with Crippen LogP contribution in [0.2, 0.25) is 0 Å². The Balaban J connectivity index is 3.36. The van der Waals surface area contributed by atoms with Crippen LogP contribution < -0.4 is 5.32 Å². The van der Waals surface area contributed by atoms with Crippen molar-refractivity contribution in [2.75, 3.05) is 13.2 Å². The molecule has 0 heterocycles. The van der Waals surface area contributed by atoms with Gasteiger partial charge in [-0.05, 0) is 89.9 Å². The quantitative estimate of drug-likeness (QED) is 0.0320. The first-order chi connectivity index (χ1) is 45.0. The van der Waals surface area contributed by atoms with Gasteiger partial charge in [-0.3, -0.25) is 9.59 Å². The second-order valence-corrected chi connectivity index (χ2v) is 28.4. The van der Waals surface area contributed by atoms with Crippen molar-refractivity contribution in [3.63, 3.8) is 0 Å². The van der Waals surface area contributed by atoms with E-state index >= 15 is 0 Å². The lowest BCUT2D eigenvalue weighted by molar-refractivity contribution is -0.143. The largest absolute Gasteiger partial charge is 0.466 e.